The Morgan fingerprint density at radius 2 is 1.02 bits per heavy atom. The van der Waals surface area contributed by atoms with Crippen LogP contribution in [0.4, 0.5) is 17.1 Å². The van der Waals surface area contributed by atoms with Crippen molar-refractivity contribution < 1.29 is 0 Å². The predicted octanol–water partition coefficient (Wildman–Crippen LogP) is 16.2. The number of nitrogens with zero attached hydrogens (tertiary/aromatic N) is 3. The first-order valence-electron chi connectivity index (χ1n) is 20.7. The third-order valence-corrected chi connectivity index (χ3v) is 13.2. The molecule has 3 nitrogen and oxygen atoms in total. The van der Waals surface area contributed by atoms with Crippen LogP contribution >= 0.6 is 11.3 Å². The molecule has 0 aliphatic rings. The van der Waals surface area contributed by atoms with E-state index in [4.69, 9.17) is 4.98 Å². The number of benzene rings is 10. The normalized spacial score (nSPS) is 11.6. The summed E-state index contributed by atoms with van der Waals surface area (Å²) in [6.07, 6.45) is 0. The Hall–Kier alpha value is -7.79. The number of aromatic nitrogens is 2. The highest BCUT2D eigenvalue weighted by molar-refractivity contribution is 7.22. The SMILES string of the molecule is c1ccc(-c2nc3ccc4c5cc(-c6ccc(N(c7ccc8c9ccccc9n(-c9ccccc9)c8c7)c7ccccc7-c7ccccc7)cc6)ccc5ccc4c3s2)cc1. The molecule has 61 heavy (non-hydrogen) atoms. The van der Waals surface area contributed by atoms with Crippen LogP contribution in [-0.4, -0.2) is 9.55 Å². The van der Waals surface area contributed by atoms with Crippen LogP contribution in [-0.2, 0) is 0 Å². The molecular weight excluding hydrogens is 759 g/mol. The van der Waals surface area contributed by atoms with Crippen molar-refractivity contribution in [3.63, 3.8) is 0 Å². The monoisotopic (exact) mass is 795 g/mol. The number of anilines is 3. The van der Waals surface area contributed by atoms with Crippen LogP contribution < -0.4 is 4.90 Å². The van der Waals surface area contributed by atoms with E-state index in [1.165, 1.54) is 70.3 Å². The highest BCUT2D eigenvalue weighted by Gasteiger charge is 2.20. The number of thiazole rings is 1. The van der Waals surface area contributed by atoms with Crippen molar-refractivity contribution in [1.29, 1.82) is 0 Å². The van der Waals surface area contributed by atoms with Gasteiger partial charge >= 0.3 is 0 Å². The third kappa shape index (κ3) is 5.99. The van der Waals surface area contributed by atoms with Gasteiger partial charge in [-0.2, -0.15) is 0 Å². The van der Waals surface area contributed by atoms with E-state index in [0.29, 0.717) is 0 Å². The fourth-order valence-electron chi connectivity index (χ4n) is 9.12. The second-order valence-corrected chi connectivity index (χ2v) is 16.5. The number of fused-ring (bicyclic) bond motifs is 8. The first-order chi connectivity index (χ1) is 30.2. The van der Waals surface area contributed by atoms with Crippen LogP contribution in [0.3, 0.4) is 0 Å². The molecule has 0 saturated carbocycles. The van der Waals surface area contributed by atoms with Crippen LogP contribution in [0, 0.1) is 0 Å². The molecule has 0 aliphatic carbocycles. The van der Waals surface area contributed by atoms with E-state index in [1.807, 2.05) is 0 Å². The van der Waals surface area contributed by atoms with Gasteiger partial charge in [-0.25, -0.2) is 4.98 Å². The lowest BCUT2D eigenvalue weighted by Crippen LogP contribution is -2.11. The van der Waals surface area contributed by atoms with E-state index in [1.54, 1.807) is 11.3 Å². The first-order valence-corrected chi connectivity index (χ1v) is 21.5. The first kappa shape index (κ1) is 35.2. The molecule has 12 rings (SSSR count). The molecule has 10 aromatic carbocycles. The Balaban J connectivity index is 0.996. The molecule has 0 spiro atoms. The van der Waals surface area contributed by atoms with Gasteiger partial charge in [0.2, 0.25) is 0 Å². The van der Waals surface area contributed by atoms with Gasteiger partial charge in [0.25, 0.3) is 0 Å². The zero-order valence-electron chi connectivity index (χ0n) is 33.1. The lowest BCUT2D eigenvalue weighted by molar-refractivity contribution is 1.18. The number of rotatable bonds is 7. The molecule has 4 heteroatoms. The molecule has 0 saturated heterocycles. The van der Waals surface area contributed by atoms with Crippen molar-refractivity contribution in [1.82, 2.24) is 9.55 Å². The molecule has 0 fully saturated rings. The van der Waals surface area contributed by atoms with Gasteiger partial charge in [0.05, 0.1) is 26.9 Å². The minimum atomic E-state index is 1.04. The summed E-state index contributed by atoms with van der Waals surface area (Å²) in [4.78, 5) is 7.44. The average Bonchev–Trinajstić information content (AvgIpc) is 3.93. The van der Waals surface area contributed by atoms with E-state index in [9.17, 15) is 0 Å². The summed E-state index contributed by atoms with van der Waals surface area (Å²) in [6, 6.07) is 81.2. The number of para-hydroxylation sites is 3. The second kappa shape index (κ2) is 14.5. The van der Waals surface area contributed by atoms with Gasteiger partial charge in [0.15, 0.2) is 0 Å². The minimum Gasteiger partial charge on any atom is -0.310 e. The topological polar surface area (TPSA) is 21.1 Å². The van der Waals surface area contributed by atoms with Gasteiger partial charge in [0, 0.05) is 44.3 Å². The largest absolute Gasteiger partial charge is 0.310 e. The number of hydrogen-bond donors (Lipinski definition) is 0. The summed E-state index contributed by atoms with van der Waals surface area (Å²) in [5, 5.41) is 8.49. The number of hydrogen-bond acceptors (Lipinski definition) is 3. The fraction of sp³-hybridized carbons (Fsp3) is 0. The molecule has 0 atom stereocenters. The van der Waals surface area contributed by atoms with Crippen molar-refractivity contribution in [2.24, 2.45) is 0 Å². The van der Waals surface area contributed by atoms with Crippen LogP contribution in [0.25, 0.3) is 92.1 Å². The van der Waals surface area contributed by atoms with Crippen LogP contribution in [0.1, 0.15) is 0 Å². The zero-order valence-corrected chi connectivity index (χ0v) is 33.9. The standard InChI is InChI=1S/C57H37N3S/c1-4-14-39(15-5-1)46-20-10-12-22-53(46)59(45-31-33-49-48-21-11-13-23-54(48)60(55(49)37-45)43-18-8-3-9-19-43)44-29-26-38(27-30-44)42-25-24-40-28-32-50-47(51(40)36-42)34-35-52-56(50)61-57(58-52)41-16-6-2-7-17-41/h1-37H. The Bertz CT molecular complexity index is 3570. The van der Waals surface area contributed by atoms with Crippen molar-refractivity contribution >= 4 is 82.0 Å². The van der Waals surface area contributed by atoms with E-state index < -0.39 is 0 Å². The Morgan fingerprint density at radius 3 is 1.84 bits per heavy atom. The highest BCUT2D eigenvalue weighted by Crippen LogP contribution is 2.44. The van der Waals surface area contributed by atoms with Crippen molar-refractivity contribution in [3.05, 3.63) is 224 Å². The zero-order chi connectivity index (χ0) is 40.3. The summed E-state index contributed by atoms with van der Waals surface area (Å²) >= 11 is 1.77. The maximum atomic E-state index is 5.02. The molecule has 0 N–H and O–H groups in total. The summed E-state index contributed by atoms with van der Waals surface area (Å²) in [7, 11) is 0. The smallest absolute Gasteiger partial charge is 0.124 e. The van der Waals surface area contributed by atoms with Crippen molar-refractivity contribution in [2.45, 2.75) is 0 Å². The molecular formula is C57H37N3S. The molecule has 2 heterocycles. The molecule has 0 aliphatic heterocycles. The van der Waals surface area contributed by atoms with Gasteiger partial charge in [-0.1, -0.05) is 164 Å². The van der Waals surface area contributed by atoms with Crippen LogP contribution in [0.15, 0.2) is 224 Å². The van der Waals surface area contributed by atoms with Gasteiger partial charge < -0.3 is 9.47 Å². The lowest BCUT2D eigenvalue weighted by Gasteiger charge is -2.28. The fourth-order valence-corrected chi connectivity index (χ4v) is 10.2. The summed E-state index contributed by atoms with van der Waals surface area (Å²) in [6.45, 7) is 0. The molecule has 286 valence electrons. The van der Waals surface area contributed by atoms with Gasteiger partial charge in [-0.3, -0.25) is 0 Å². The Morgan fingerprint density at radius 1 is 0.393 bits per heavy atom. The maximum absolute atomic E-state index is 5.02. The molecule has 0 radical (unpaired) electrons. The summed E-state index contributed by atoms with van der Waals surface area (Å²) in [5.41, 5.74) is 13.7. The predicted molar refractivity (Wildman–Crippen MR) is 260 cm³/mol. The second-order valence-electron chi connectivity index (χ2n) is 15.6. The lowest BCUT2D eigenvalue weighted by atomic mass is 9.96. The summed E-state index contributed by atoms with van der Waals surface area (Å²) < 4.78 is 3.62. The van der Waals surface area contributed by atoms with E-state index in [-0.39, 0.29) is 0 Å². The van der Waals surface area contributed by atoms with Gasteiger partial charge in [-0.05, 0) is 93.5 Å². The maximum Gasteiger partial charge on any atom is 0.124 e. The highest BCUT2D eigenvalue weighted by atomic mass is 32.1. The Kier molecular flexibility index (Phi) is 8.36. The molecule has 12 aromatic rings. The molecule has 0 bridgehead atoms. The van der Waals surface area contributed by atoms with Crippen molar-refractivity contribution in [2.75, 3.05) is 4.90 Å². The summed E-state index contributed by atoms with van der Waals surface area (Å²) in [5.74, 6) is 0. The van der Waals surface area contributed by atoms with E-state index >= 15 is 0 Å². The average molecular weight is 796 g/mol. The van der Waals surface area contributed by atoms with Gasteiger partial charge in [0.1, 0.15) is 5.01 Å². The van der Waals surface area contributed by atoms with Gasteiger partial charge in [-0.15, -0.1) is 11.3 Å². The molecule has 0 unspecified atom stereocenters. The van der Waals surface area contributed by atoms with Crippen LogP contribution in [0.5, 0.6) is 0 Å². The van der Waals surface area contributed by atoms with E-state index in [2.05, 4.69) is 234 Å². The minimum absolute atomic E-state index is 1.04. The Labute approximate surface area is 357 Å². The van der Waals surface area contributed by atoms with Crippen molar-refractivity contribution in [3.8, 4) is 38.5 Å². The molecule has 0 amide bonds. The quantitative estimate of drug-likeness (QED) is 0.150. The van der Waals surface area contributed by atoms with Crippen LogP contribution in [0.2, 0.25) is 0 Å². The molecule has 2 aromatic heterocycles. The third-order valence-electron chi connectivity index (χ3n) is 12.0. The van der Waals surface area contributed by atoms with E-state index in [0.717, 1.165) is 38.8 Å².